The minimum atomic E-state index is 0.411. The van der Waals surface area contributed by atoms with E-state index in [1.807, 2.05) is 24.5 Å². The number of anilines is 1. The number of aromatic nitrogens is 4. The molecule has 5 nitrogen and oxygen atoms in total. The summed E-state index contributed by atoms with van der Waals surface area (Å²) in [6.07, 6.45) is 1.91. The molecule has 2 aromatic carbocycles. The molecule has 0 atom stereocenters. The van der Waals surface area contributed by atoms with Crippen molar-refractivity contribution in [3.63, 3.8) is 0 Å². The number of imidazole rings is 2. The van der Waals surface area contributed by atoms with Crippen molar-refractivity contribution in [1.82, 2.24) is 19.1 Å². The highest BCUT2D eigenvalue weighted by molar-refractivity contribution is 5.80. The van der Waals surface area contributed by atoms with Gasteiger partial charge in [-0.05, 0) is 44.2 Å². The molecule has 0 fully saturated rings. The summed E-state index contributed by atoms with van der Waals surface area (Å²) < 4.78 is 4.32. The summed E-state index contributed by atoms with van der Waals surface area (Å²) in [5, 5.41) is 3.46. The molecule has 0 aliphatic rings. The van der Waals surface area contributed by atoms with E-state index in [-0.39, 0.29) is 0 Å². The number of hydrogen-bond donors (Lipinski definition) is 1. The van der Waals surface area contributed by atoms with E-state index in [1.165, 1.54) is 5.52 Å². The van der Waals surface area contributed by atoms with Crippen molar-refractivity contribution in [2.75, 3.05) is 5.32 Å². The monoisotopic (exact) mass is 319 g/mol. The molecule has 24 heavy (non-hydrogen) atoms. The van der Waals surface area contributed by atoms with E-state index < -0.39 is 0 Å². The number of nitrogens with zero attached hydrogens (tertiary/aromatic N) is 4. The van der Waals surface area contributed by atoms with Crippen LogP contribution in [0, 0.1) is 0 Å². The second-order valence-electron chi connectivity index (χ2n) is 6.38. The summed E-state index contributed by atoms with van der Waals surface area (Å²) in [6.45, 7) is 5.01. The van der Waals surface area contributed by atoms with Crippen LogP contribution in [-0.4, -0.2) is 19.1 Å². The van der Waals surface area contributed by atoms with Crippen molar-refractivity contribution in [3.05, 3.63) is 54.6 Å². The van der Waals surface area contributed by atoms with E-state index >= 15 is 0 Å². The molecule has 0 saturated carbocycles. The first-order valence-electron chi connectivity index (χ1n) is 8.24. The highest BCUT2D eigenvalue weighted by Gasteiger charge is 2.08. The second kappa shape index (κ2) is 5.67. The van der Waals surface area contributed by atoms with Gasteiger partial charge in [-0.15, -0.1) is 0 Å². The highest BCUT2D eigenvalue weighted by atomic mass is 15.1. The van der Waals surface area contributed by atoms with Crippen LogP contribution in [0.25, 0.3) is 22.1 Å². The van der Waals surface area contributed by atoms with E-state index in [9.17, 15) is 0 Å². The largest absolute Gasteiger partial charge is 0.378 e. The van der Waals surface area contributed by atoms with Crippen molar-refractivity contribution in [2.24, 2.45) is 7.05 Å². The molecule has 0 unspecified atom stereocenters. The molecule has 0 aliphatic carbocycles. The summed E-state index contributed by atoms with van der Waals surface area (Å²) in [5.74, 6) is 1.02. The lowest BCUT2D eigenvalue weighted by atomic mass is 10.2. The van der Waals surface area contributed by atoms with E-state index in [0.29, 0.717) is 12.6 Å². The topological polar surface area (TPSA) is 47.7 Å². The van der Waals surface area contributed by atoms with Gasteiger partial charge in [0.2, 0.25) is 0 Å². The lowest BCUT2D eigenvalue weighted by Gasteiger charge is -2.09. The third-order valence-corrected chi connectivity index (χ3v) is 4.46. The van der Waals surface area contributed by atoms with Crippen LogP contribution in [0.3, 0.4) is 0 Å². The van der Waals surface area contributed by atoms with Gasteiger partial charge in [0.15, 0.2) is 0 Å². The number of benzene rings is 2. The average Bonchev–Trinajstić information content (AvgIpc) is 3.14. The van der Waals surface area contributed by atoms with Gasteiger partial charge in [0.25, 0.3) is 0 Å². The molecule has 5 heteroatoms. The highest BCUT2D eigenvalue weighted by Crippen LogP contribution is 2.22. The summed E-state index contributed by atoms with van der Waals surface area (Å²) >= 11 is 0. The molecule has 0 spiro atoms. The Balaban J connectivity index is 1.59. The van der Waals surface area contributed by atoms with Gasteiger partial charge in [0.05, 0.1) is 34.9 Å². The van der Waals surface area contributed by atoms with Gasteiger partial charge in [-0.25, -0.2) is 9.97 Å². The van der Waals surface area contributed by atoms with Crippen molar-refractivity contribution < 1.29 is 0 Å². The summed E-state index contributed by atoms with van der Waals surface area (Å²) in [7, 11) is 2.06. The number of fused-ring (bicyclic) bond motifs is 2. The maximum absolute atomic E-state index is 4.70. The predicted octanol–water partition coefficient (Wildman–Crippen LogP) is 4.12. The van der Waals surface area contributed by atoms with Crippen molar-refractivity contribution in [2.45, 2.75) is 26.4 Å². The van der Waals surface area contributed by atoms with Gasteiger partial charge in [-0.3, -0.25) is 0 Å². The lowest BCUT2D eigenvalue weighted by Crippen LogP contribution is -2.06. The van der Waals surface area contributed by atoms with Crippen LogP contribution in [0.15, 0.2) is 48.8 Å². The second-order valence-corrected chi connectivity index (χ2v) is 6.38. The fourth-order valence-electron chi connectivity index (χ4n) is 3.09. The van der Waals surface area contributed by atoms with Gasteiger partial charge < -0.3 is 14.5 Å². The van der Waals surface area contributed by atoms with Crippen molar-refractivity contribution in [1.29, 1.82) is 0 Å². The van der Waals surface area contributed by atoms with Crippen LogP contribution in [0.2, 0.25) is 0 Å². The number of nitrogens with one attached hydrogen (secondary N) is 1. The number of para-hydroxylation sites is 2. The minimum absolute atomic E-state index is 0.411. The first-order chi connectivity index (χ1) is 11.6. The Morgan fingerprint density at radius 3 is 2.67 bits per heavy atom. The molecule has 0 radical (unpaired) electrons. The Kier molecular flexibility index (Phi) is 3.49. The fourth-order valence-corrected chi connectivity index (χ4v) is 3.09. The van der Waals surface area contributed by atoms with Crippen LogP contribution in [-0.2, 0) is 13.6 Å². The Bertz CT molecular complexity index is 1010. The van der Waals surface area contributed by atoms with E-state index in [2.05, 4.69) is 64.6 Å². The van der Waals surface area contributed by atoms with Crippen LogP contribution < -0.4 is 5.32 Å². The third-order valence-electron chi connectivity index (χ3n) is 4.46. The Morgan fingerprint density at radius 1 is 1.04 bits per heavy atom. The maximum atomic E-state index is 4.70. The van der Waals surface area contributed by atoms with Crippen LogP contribution in [0.4, 0.5) is 5.69 Å². The summed E-state index contributed by atoms with van der Waals surface area (Å²) in [4.78, 5) is 9.21. The molecule has 0 amide bonds. The molecule has 2 aromatic heterocycles. The van der Waals surface area contributed by atoms with E-state index in [0.717, 1.165) is 28.1 Å². The summed E-state index contributed by atoms with van der Waals surface area (Å²) in [6, 6.07) is 14.9. The molecule has 4 rings (SSSR count). The van der Waals surface area contributed by atoms with Crippen molar-refractivity contribution in [3.8, 4) is 0 Å². The smallest absolute Gasteiger partial charge is 0.128 e. The van der Waals surface area contributed by atoms with Gasteiger partial charge in [-0.1, -0.05) is 12.1 Å². The zero-order valence-electron chi connectivity index (χ0n) is 14.2. The van der Waals surface area contributed by atoms with Crippen LogP contribution in [0.5, 0.6) is 0 Å². The summed E-state index contributed by atoms with van der Waals surface area (Å²) in [5.41, 5.74) is 5.42. The van der Waals surface area contributed by atoms with Gasteiger partial charge in [-0.2, -0.15) is 0 Å². The minimum Gasteiger partial charge on any atom is -0.378 e. The molecule has 2 heterocycles. The van der Waals surface area contributed by atoms with Gasteiger partial charge in [0, 0.05) is 18.8 Å². The Morgan fingerprint density at radius 2 is 1.88 bits per heavy atom. The standard InChI is InChI=1S/C19H21N5/c1-13(2)24-12-21-16-10-14(8-9-18(16)24)20-11-19-22-15-6-4-5-7-17(15)23(19)3/h4-10,12-13,20H,11H2,1-3H3. The lowest BCUT2D eigenvalue weighted by molar-refractivity contribution is 0.617. The molecular weight excluding hydrogens is 298 g/mol. The molecule has 0 aliphatic heterocycles. The third kappa shape index (κ3) is 2.42. The average molecular weight is 319 g/mol. The van der Waals surface area contributed by atoms with Crippen LogP contribution >= 0.6 is 0 Å². The number of rotatable bonds is 4. The molecular formula is C19H21N5. The molecule has 1 N–H and O–H groups in total. The maximum Gasteiger partial charge on any atom is 0.128 e. The Hall–Kier alpha value is -2.82. The molecule has 0 saturated heterocycles. The first kappa shape index (κ1) is 14.8. The number of hydrogen-bond acceptors (Lipinski definition) is 3. The molecule has 4 aromatic rings. The Labute approximate surface area is 141 Å². The van der Waals surface area contributed by atoms with Crippen LogP contribution in [0.1, 0.15) is 25.7 Å². The van der Waals surface area contributed by atoms with E-state index in [1.54, 1.807) is 0 Å². The quantitative estimate of drug-likeness (QED) is 0.615. The van der Waals surface area contributed by atoms with Gasteiger partial charge in [0.1, 0.15) is 5.82 Å². The number of aryl methyl sites for hydroxylation is 1. The fraction of sp³-hybridized carbons (Fsp3) is 0.263. The zero-order chi connectivity index (χ0) is 16.7. The van der Waals surface area contributed by atoms with Gasteiger partial charge >= 0.3 is 0 Å². The zero-order valence-corrected chi connectivity index (χ0v) is 14.2. The van der Waals surface area contributed by atoms with E-state index in [4.69, 9.17) is 4.98 Å². The van der Waals surface area contributed by atoms with Crippen molar-refractivity contribution >= 4 is 27.8 Å². The molecule has 122 valence electrons. The predicted molar refractivity (Wildman–Crippen MR) is 98.2 cm³/mol. The SMILES string of the molecule is CC(C)n1cnc2cc(NCc3nc4ccccc4n3C)ccc21. The normalized spacial score (nSPS) is 11.7. The first-order valence-corrected chi connectivity index (χ1v) is 8.24. The molecule has 0 bridgehead atoms.